The molecule has 2 atom stereocenters. The van der Waals surface area contributed by atoms with Crippen LogP contribution in [-0.4, -0.2) is 6.61 Å². The molecule has 0 amide bonds. The topological polar surface area (TPSA) is 18.5 Å². The first kappa shape index (κ1) is 27.8. The maximum absolute atomic E-state index is 14.7. The van der Waals surface area contributed by atoms with Gasteiger partial charge in [-0.05, 0) is 73.2 Å². The molecule has 3 aromatic rings. The van der Waals surface area contributed by atoms with Crippen LogP contribution in [0.25, 0.3) is 0 Å². The molecular formula is C27H21F9O2. The Hall–Kier alpha value is -3.21. The Labute approximate surface area is 212 Å². The number of benzene rings is 3. The molecule has 0 saturated carbocycles. The van der Waals surface area contributed by atoms with Crippen LogP contribution in [0.2, 0.25) is 0 Å². The van der Waals surface area contributed by atoms with Crippen LogP contribution >= 0.6 is 0 Å². The molecule has 0 spiro atoms. The quantitative estimate of drug-likeness (QED) is 0.297. The summed E-state index contributed by atoms with van der Waals surface area (Å²) < 4.78 is 134. The van der Waals surface area contributed by atoms with Gasteiger partial charge in [0.1, 0.15) is 17.2 Å². The fourth-order valence-electron chi connectivity index (χ4n) is 4.36. The van der Waals surface area contributed by atoms with Gasteiger partial charge in [0, 0.05) is 5.92 Å². The van der Waals surface area contributed by atoms with Gasteiger partial charge in [-0.15, -0.1) is 0 Å². The molecule has 0 N–H and O–H groups in total. The molecule has 2 unspecified atom stereocenters. The summed E-state index contributed by atoms with van der Waals surface area (Å²) in [5, 5.41) is 0. The van der Waals surface area contributed by atoms with E-state index in [1.807, 2.05) is 32.0 Å². The van der Waals surface area contributed by atoms with Gasteiger partial charge >= 0.3 is 12.3 Å². The van der Waals surface area contributed by atoms with Crippen molar-refractivity contribution in [3.05, 3.63) is 99.1 Å². The monoisotopic (exact) mass is 548 g/mol. The number of alkyl halides is 5. The van der Waals surface area contributed by atoms with Crippen LogP contribution in [0, 0.1) is 37.1 Å². The number of ether oxygens (including phenoxy) is 2. The molecular weight excluding hydrogens is 527 g/mol. The molecule has 0 radical (unpaired) electrons. The maximum Gasteiger partial charge on any atom is 0.427 e. The van der Waals surface area contributed by atoms with Gasteiger partial charge < -0.3 is 9.47 Å². The normalized spacial score (nSPS) is 18.5. The van der Waals surface area contributed by atoms with Crippen molar-refractivity contribution in [2.24, 2.45) is 0 Å². The van der Waals surface area contributed by atoms with E-state index in [1.54, 1.807) is 0 Å². The summed E-state index contributed by atoms with van der Waals surface area (Å²) in [6.07, 6.45) is -9.96. The van der Waals surface area contributed by atoms with Gasteiger partial charge in [-0.1, -0.05) is 18.2 Å². The summed E-state index contributed by atoms with van der Waals surface area (Å²) >= 11 is 0. The third-order valence-corrected chi connectivity index (χ3v) is 6.56. The van der Waals surface area contributed by atoms with E-state index in [0.29, 0.717) is 12.8 Å². The highest BCUT2D eigenvalue weighted by Gasteiger charge is 2.43. The van der Waals surface area contributed by atoms with Crippen LogP contribution in [0.1, 0.15) is 58.2 Å². The van der Waals surface area contributed by atoms with E-state index in [9.17, 15) is 39.5 Å². The zero-order chi connectivity index (χ0) is 28.0. The fraction of sp³-hybridized carbons (Fsp3) is 0.333. The Bertz CT molecular complexity index is 1300. The Kier molecular flexibility index (Phi) is 7.44. The Balaban J connectivity index is 1.51. The number of hydrogen-bond donors (Lipinski definition) is 0. The molecule has 2 nitrogen and oxygen atoms in total. The maximum atomic E-state index is 14.7. The van der Waals surface area contributed by atoms with Gasteiger partial charge in [0.05, 0.1) is 18.3 Å². The molecule has 1 saturated heterocycles. The summed E-state index contributed by atoms with van der Waals surface area (Å²) in [4.78, 5) is 0. The van der Waals surface area contributed by atoms with E-state index in [0.717, 1.165) is 28.8 Å². The van der Waals surface area contributed by atoms with Crippen molar-refractivity contribution < 1.29 is 49.0 Å². The fourth-order valence-corrected chi connectivity index (χ4v) is 4.36. The first-order chi connectivity index (χ1) is 17.7. The number of rotatable bonds is 5. The van der Waals surface area contributed by atoms with Crippen LogP contribution in [-0.2, 0) is 17.0 Å². The first-order valence-electron chi connectivity index (χ1n) is 11.5. The van der Waals surface area contributed by atoms with E-state index >= 15 is 0 Å². The van der Waals surface area contributed by atoms with Crippen molar-refractivity contribution >= 4 is 0 Å². The predicted molar refractivity (Wildman–Crippen MR) is 119 cm³/mol. The molecule has 204 valence electrons. The van der Waals surface area contributed by atoms with E-state index in [4.69, 9.17) is 4.74 Å². The second kappa shape index (κ2) is 10.2. The second-order valence-corrected chi connectivity index (χ2v) is 9.19. The van der Waals surface area contributed by atoms with Crippen molar-refractivity contribution in [1.29, 1.82) is 0 Å². The van der Waals surface area contributed by atoms with Gasteiger partial charge in [0.15, 0.2) is 17.4 Å². The summed E-state index contributed by atoms with van der Waals surface area (Å²) in [5.41, 5.74) is -0.743. The Morgan fingerprint density at radius 3 is 1.84 bits per heavy atom. The zero-order valence-corrected chi connectivity index (χ0v) is 20.0. The molecule has 1 heterocycles. The molecule has 1 fully saturated rings. The lowest BCUT2D eigenvalue weighted by atomic mass is 9.88. The molecule has 1 aliphatic heterocycles. The Morgan fingerprint density at radius 1 is 0.737 bits per heavy atom. The highest BCUT2D eigenvalue weighted by Crippen LogP contribution is 2.41. The smallest absolute Gasteiger partial charge is 0.423 e. The van der Waals surface area contributed by atoms with Crippen LogP contribution in [0.4, 0.5) is 39.5 Å². The first-order valence-corrected chi connectivity index (χ1v) is 11.5. The van der Waals surface area contributed by atoms with E-state index in [1.165, 1.54) is 0 Å². The van der Waals surface area contributed by atoms with Crippen LogP contribution in [0.15, 0.2) is 42.5 Å². The third-order valence-electron chi connectivity index (χ3n) is 6.56. The minimum atomic E-state index is -5.49. The SMILES string of the molecule is Cc1ccc(C2CCC(c3cc(F)c(OC(F)(F)c4cc(F)c(C(F)(F)F)c(F)c4)c(F)c3)OC2)cc1C. The average Bonchev–Trinajstić information content (AvgIpc) is 2.82. The van der Waals surface area contributed by atoms with Gasteiger partial charge in [0.25, 0.3) is 0 Å². The van der Waals surface area contributed by atoms with E-state index < -0.39 is 58.5 Å². The lowest BCUT2D eigenvalue weighted by molar-refractivity contribution is -0.189. The number of hydrogen-bond acceptors (Lipinski definition) is 2. The number of halogens is 9. The largest absolute Gasteiger partial charge is 0.427 e. The van der Waals surface area contributed by atoms with Crippen LogP contribution in [0.5, 0.6) is 5.75 Å². The molecule has 0 aliphatic carbocycles. The second-order valence-electron chi connectivity index (χ2n) is 9.19. The van der Waals surface area contributed by atoms with Gasteiger partial charge in [-0.3, -0.25) is 0 Å². The summed E-state index contributed by atoms with van der Waals surface area (Å²) in [6.45, 7) is 4.23. The number of aryl methyl sites for hydroxylation is 2. The molecule has 11 heteroatoms. The van der Waals surface area contributed by atoms with Gasteiger partial charge in [0.2, 0.25) is 0 Å². The molecule has 3 aromatic carbocycles. The van der Waals surface area contributed by atoms with Gasteiger partial charge in [-0.25, -0.2) is 17.6 Å². The minimum Gasteiger partial charge on any atom is -0.423 e. The molecule has 4 rings (SSSR count). The van der Waals surface area contributed by atoms with Crippen molar-refractivity contribution in [1.82, 2.24) is 0 Å². The van der Waals surface area contributed by atoms with Crippen molar-refractivity contribution in [3.63, 3.8) is 0 Å². The predicted octanol–water partition coefficient (Wildman–Crippen LogP) is 8.64. The molecule has 0 aromatic heterocycles. The highest BCUT2D eigenvalue weighted by atomic mass is 19.4. The average molecular weight is 548 g/mol. The molecule has 38 heavy (non-hydrogen) atoms. The zero-order valence-electron chi connectivity index (χ0n) is 20.0. The summed E-state index contributed by atoms with van der Waals surface area (Å²) in [5.74, 6) is -9.27. The minimum absolute atomic E-state index is 0.0285. The summed E-state index contributed by atoms with van der Waals surface area (Å²) in [6, 6.07) is 6.88. The lowest BCUT2D eigenvalue weighted by Crippen LogP contribution is -2.25. The molecule has 1 aliphatic rings. The molecule has 0 bridgehead atoms. The highest BCUT2D eigenvalue weighted by molar-refractivity contribution is 5.36. The van der Waals surface area contributed by atoms with Crippen molar-refractivity contribution in [2.45, 2.75) is 51.0 Å². The van der Waals surface area contributed by atoms with Crippen LogP contribution in [0.3, 0.4) is 0 Å². The standard InChI is InChI=1S/C27H21F9O2/c1-13-3-4-15(7-14(13)2)16-5-6-23(37-12-16)17-8-21(30)25(22(31)9-17)38-27(35,36)18-10-19(28)24(20(29)11-18)26(32,33)34/h3-4,7-11,16,23H,5-6,12H2,1-2H3. The van der Waals surface area contributed by atoms with Crippen molar-refractivity contribution in [3.8, 4) is 5.75 Å². The van der Waals surface area contributed by atoms with Crippen molar-refractivity contribution in [2.75, 3.05) is 6.61 Å². The lowest BCUT2D eigenvalue weighted by Gasteiger charge is -2.30. The summed E-state index contributed by atoms with van der Waals surface area (Å²) in [7, 11) is 0. The van der Waals surface area contributed by atoms with Gasteiger partial charge in [-0.2, -0.15) is 22.0 Å². The Morgan fingerprint density at radius 2 is 1.34 bits per heavy atom. The third kappa shape index (κ3) is 5.62. The van der Waals surface area contributed by atoms with Crippen LogP contribution < -0.4 is 4.74 Å². The van der Waals surface area contributed by atoms with E-state index in [-0.39, 0.29) is 30.2 Å². The van der Waals surface area contributed by atoms with E-state index in [2.05, 4.69) is 4.74 Å².